The van der Waals surface area contributed by atoms with E-state index in [1.165, 1.54) is 12.1 Å². The van der Waals surface area contributed by atoms with Crippen LogP contribution in [-0.4, -0.2) is 55.3 Å². The third-order valence-corrected chi connectivity index (χ3v) is 5.02. The fraction of sp³-hybridized carbons (Fsp3) is 0.500. The molecule has 1 aromatic carbocycles. The van der Waals surface area contributed by atoms with Gasteiger partial charge in [-0.1, -0.05) is 5.16 Å². The van der Waals surface area contributed by atoms with Crippen molar-refractivity contribution in [3.63, 3.8) is 0 Å². The highest BCUT2D eigenvalue weighted by Crippen LogP contribution is 2.33. The van der Waals surface area contributed by atoms with E-state index in [1.807, 2.05) is 13.0 Å². The average molecular weight is 368 g/mol. The number of piperidine rings is 1. The molecule has 138 valence electrons. The van der Waals surface area contributed by atoms with Crippen LogP contribution in [0, 0.1) is 29.0 Å². The molecule has 3 atom stereocenters. The van der Waals surface area contributed by atoms with Crippen molar-refractivity contribution in [1.29, 1.82) is 5.26 Å². The summed E-state index contributed by atoms with van der Waals surface area (Å²) in [4.78, 5) is 6.09. The van der Waals surface area contributed by atoms with Gasteiger partial charge in [0.25, 0.3) is 5.89 Å². The topological polar surface area (TPSA) is 84.4 Å². The predicted molar refractivity (Wildman–Crippen MR) is 92.8 cm³/mol. The number of nitriles is 1. The second kappa shape index (κ2) is 7.39. The molecule has 3 heterocycles. The molecule has 1 aromatic heterocycles. The van der Waals surface area contributed by atoms with Gasteiger partial charge in [0.2, 0.25) is 5.82 Å². The van der Waals surface area contributed by atoms with Crippen LogP contribution in [0.2, 0.25) is 0 Å². The molecule has 2 aliphatic rings. The van der Waals surface area contributed by atoms with Gasteiger partial charge in [0, 0.05) is 11.8 Å². The second-order valence-electron chi connectivity index (χ2n) is 7.02. The summed E-state index contributed by atoms with van der Waals surface area (Å²) in [5, 5.41) is 12.7. The fourth-order valence-electron chi connectivity index (χ4n) is 3.73. The minimum absolute atomic E-state index is 0.00412. The van der Waals surface area contributed by atoms with Crippen LogP contribution in [0.3, 0.4) is 0 Å². The van der Waals surface area contributed by atoms with Crippen molar-refractivity contribution < 1.29 is 18.4 Å². The van der Waals surface area contributed by atoms with Gasteiger partial charge in [0.1, 0.15) is 11.9 Å². The van der Waals surface area contributed by atoms with Crippen molar-refractivity contribution in [3.05, 3.63) is 35.5 Å². The first-order chi connectivity index (χ1) is 13.0. The van der Waals surface area contributed by atoms with E-state index in [0.29, 0.717) is 26.3 Å². The summed E-state index contributed by atoms with van der Waals surface area (Å²) in [6, 6.07) is 6.01. The molecule has 2 aliphatic heterocycles. The molecule has 2 aromatic rings. The molecule has 7 nitrogen and oxygen atoms in total. The maximum atomic E-state index is 14.2. The lowest BCUT2D eigenvalue weighted by atomic mass is 9.83. The van der Waals surface area contributed by atoms with Crippen LogP contribution < -0.4 is 0 Å². The Labute approximate surface area is 157 Å². The van der Waals surface area contributed by atoms with Crippen molar-refractivity contribution in [2.24, 2.45) is 11.8 Å². The Morgan fingerprint density at radius 3 is 2.78 bits per heavy atom. The van der Waals surface area contributed by atoms with E-state index in [0.717, 1.165) is 6.07 Å². The van der Waals surface area contributed by atoms with E-state index < -0.39 is 11.9 Å². The Kier molecular flexibility index (Phi) is 4.95. The number of ether oxygens (including phenoxy) is 2. The predicted octanol–water partition coefficient (Wildman–Crippen LogP) is 1.86. The van der Waals surface area contributed by atoms with Crippen LogP contribution in [-0.2, 0) is 9.47 Å². The van der Waals surface area contributed by atoms with Crippen LogP contribution >= 0.6 is 0 Å². The molecule has 4 rings (SSSR count). The van der Waals surface area contributed by atoms with Crippen LogP contribution in [0.15, 0.2) is 22.7 Å². The molecule has 0 spiro atoms. The summed E-state index contributed by atoms with van der Waals surface area (Å²) in [5.74, 6) is 0.203. The zero-order valence-corrected chi connectivity index (χ0v) is 14.8. The van der Waals surface area contributed by atoms with E-state index in [4.69, 9.17) is 27.2 Å². The molecule has 0 saturated carbocycles. The van der Waals surface area contributed by atoms with Crippen LogP contribution in [0.4, 0.5) is 4.39 Å². The third-order valence-electron chi connectivity index (χ3n) is 5.02. The van der Waals surface area contributed by atoms with Crippen molar-refractivity contribution in [1.82, 2.24) is 15.0 Å². The Bertz CT molecular complexity index is 857. The molecular weight excluding hydrogens is 350 g/mol. The van der Waals surface area contributed by atoms with Gasteiger partial charge in [0.15, 0.2) is 7.98 Å². The Balaban J connectivity index is 1.49. The lowest BCUT2D eigenvalue weighted by Gasteiger charge is -2.46. The lowest BCUT2D eigenvalue weighted by molar-refractivity contribution is -0.161. The van der Waals surface area contributed by atoms with Gasteiger partial charge in [-0.05, 0) is 38.2 Å². The molecule has 9 heteroatoms. The van der Waals surface area contributed by atoms with Crippen molar-refractivity contribution in [2.45, 2.75) is 19.1 Å². The molecular formula is C18H18BFN4O3. The number of fused-ring (bicyclic) bond motifs is 2. The maximum absolute atomic E-state index is 14.2. The number of benzene rings is 1. The van der Waals surface area contributed by atoms with E-state index in [2.05, 4.69) is 10.1 Å². The molecule has 0 N–H and O–H groups in total. The van der Waals surface area contributed by atoms with Gasteiger partial charge >= 0.3 is 0 Å². The van der Waals surface area contributed by atoms with Gasteiger partial charge in [-0.25, -0.2) is 4.39 Å². The van der Waals surface area contributed by atoms with Crippen molar-refractivity contribution >= 4 is 7.98 Å². The number of rotatable bonds is 4. The Morgan fingerprint density at radius 2 is 2.11 bits per heavy atom. The molecule has 0 amide bonds. The third kappa shape index (κ3) is 3.61. The second-order valence-corrected chi connectivity index (χ2v) is 7.02. The normalized spacial score (nSPS) is 26.5. The van der Waals surface area contributed by atoms with Gasteiger partial charge in [-0.2, -0.15) is 10.2 Å². The highest BCUT2D eigenvalue weighted by Gasteiger charge is 2.41. The molecule has 2 radical (unpaired) electrons. The maximum Gasteiger partial charge on any atom is 0.255 e. The van der Waals surface area contributed by atoms with E-state index in [1.54, 1.807) is 4.81 Å². The highest BCUT2D eigenvalue weighted by molar-refractivity contribution is 6.04. The summed E-state index contributed by atoms with van der Waals surface area (Å²) in [6.07, 6.45) is -0.444. The first-order valence-corrected chi connectivity index (χ1v) is 8.81. The minimum atomic E-state index is -0.572. The Morgan fingerprint density at radius 1 is 1.37 bits per heavy atom. The van der Waals surface area contributed by atoms with E-state index >= 15 is 0 Å². The van der Waals surface area contributed by atoms with Gasteiger partial charge in [-0.15, -0.1) is 0 Å². The highest BCUT2D eigenvalue weighted by atomic mass is 19.1. The van der Waals surface area contributed by atoms with Crippen LogP contribution in [0.25, 0.3) is 11.4 Å². The standard InChI is InChI=1S/C18H18BFN4O3/c1-10(26-16-12-6-24(19)7-13(16)9-25-8-12)18-22-17(23-27-18)14-3-2-11(5-21)4-15(14)20/h2-4,10,12-13,16H,6-9H2,1H3/t10-,12?,13?,16?/m1/s1. The van der Waals surface area contributed by atoms with Gasteiger partial charge in [0.05, 0.1) is 36.5 Å². The SMILES string of the molecule is [B]N1CC2COCC(C1)C2O[C@H](C)c1nc(-c2ccc(C#N)cc2F)no1. The summed E-state index contributed by atoms with van der Waals surface area (Å²) in [6.45, 7) is 4.46. The average Bonchev–Trinajstić information content (AvgIpc) is 3.12. The number of halogens is 1. The van der Waals surface area contributed by atoms with Gasteiger partial charge < -0.3 is 18.8 Å². The monoisotopic (exact) mass is 368 g/mol. The van der Waals surface area contributed by atoms with Crippen LogP contribution in [0.5, 0.6) is 0 Å². The minimum Gasteiger partial charge on any atom is -0.381 e. The van der Waals surface area contributed by atoms with E-state index in [-0.39, 0.29) is 40.8 Å². The van der Waals surface area contributed by atoms with Crippen molar-refractivity contribution in [2.75, 3.05) is 26.3 Å². The summed E-state index contributed by atoms with van der Waals surface area (Å²) < 4.78 is 31.3. The smallest absolute Gasteiger partial charge is 0.255 e. The number of hydrogen-bond donors (Lipinski definition) is 0. The number of hydrogen-bond acceptors (Lipinski definition) is 7. The molecule has 2 unspecified atom stereocenters. The molecule has 2 saturated heterocycles. The largest absolute Gasteiger partial charge is 0.381 e. The first-order valence-electron chi connectivity index (χ1n) is 8.81. The van der Waals surface area contributed by atoms with E-state index in [9.17, 15) is 4.39 Å². The number of aromatic nitrogens is 2. The molecule has 2 fully saturated rings. The molecule has 2 bridgehead atoms. The first kappa shape index (κ1) is 18.1. The zero-order valence-electron chi connectivity index (χ0n) is 14.8. The summed E-state index contributed by atoms with van der Waals surface area (Å²) in [5.41, 5.74) is 0.412. The fourth-order valence-corrected chi connectivity index (χ4v) is 3.73. The number of nitrogens with zero attached hydrogens (tertiary/aromatic N) is 4. The molecule has 0 aliphatic carbocycles. The Hall–Kier alpha value is -2.28. The molecule has 27 heavy (non-hydrogen) atoms. The quantitative estimate of drug-likeness (QED) is 0.762. The lowest BCUT2D eigenvalue weighted by Crippen LogP contribution is -2.55. The van der Waals surface area contributed by atoms with Crippen molar-refractivity contribution in [3.8, 4) is 17.5 Å². The van der Waals surface area contributed by atoms with Gasteiger partial charge in [-0.3, -0.25) is 0 Å². The van der Waals surface area contributed by atoms with Crippen LogP contribution in [0.1, 0.15) is 24.5 Å². The summed E-state index contributed by atoms with van der Waals surface area (Å²) in [7, 11) is 5.96. The summed E-state index contributed by atoms with van der Waals surface area (Å²) >= 11 is 0. The zero-order chi connectivity index (χ0) is 19.0.